The van der Waals surface area contributed by atoms with Crippen LogP contribution in [0.15, 0.2) is 0 Å². The van der Waals surface area contributed by atoms with Gasteiger partial charge >= 0.3 is 0 Å². The lowest BCUT2D eigenvalue weighted by Gasteiger charge is -2.35. The monoisotopic (exact) mass is 138 g/mol. The summed E-state index contributed by atoms with van der Waals surface area (Å²) in [7, 11) is 0. The zero-order valence-electron chi connectivity index (χ0n) is 7.35. The molecule has 3 fully saturated rings. The molecule has 3 aliphatic rings. The Hall–Kier alpha value is 0. The fourth-order valence-corrected chi connectivity index (χ4v) is 2.94. The molecule has 0 N–H and O–H groups in total. The van der Waals surface area contributed by atoms with Crippen LogP contribution in [-0.4, -0.2) is 0 Å². The summed E-state index contributed by atoms with van der Waals surface area (Å²) in [5.74, 6) is 3.12. The van der Waals surface area contributed by atoms with E-state index in [1.807, 2.05) is 0 Å². The first-order valence-electron chi connectivity index (χ1n) is 4.63. The van der Waals surface area contributed by atoms with Crippen LogP contribution < -0.4 is 0 Å². The van der Waals surface area contributed by atoms with Gasteiger partial charge in [0, 0.05) is 0 Å². The van der Waals surface area contributed by atoms with Crippen LogP contribution in [0.2, 0.25) is 0 Å². The van der Waals surface area contributed by atoms with Crippen molar-refractivity contribution < 1.29 is 0 Å². The SMILES string of the molecule is CC(C)C1(C)CC2CC1C2. The number of fused-ring (bicyclic) bond motifs is 1. The molecule has 10 heavy (non-hydrogen) atoms. The molecular formula is C10H18. The second-order valence-corrected chi connectivity index (χ2v) is 4.90. The van der Waals surface area contributed by atoms with E-state index < -0.39 is 0 Å². The Kier molecular flexibility index (Phi) is 1.19. The van der Waals surface area contributed by atoms with E-state index in [0.717, 1.165) is 23.2 Å². The lowest BCUT2D eigenvalue weighted by molar-refractivity contribution is 0.146. The first-order chi connectivity index (χ1) is 4.63. The summed E-state index contributed by atoms with van der Waals surface area (Å²) < 4.78 is 0. The fourth-order valence-electron chi connectivity index (χ4n) is 2.94. The van der Waals surface area contributed by atoms with E-state index in [4.69, 9.17) is 0 Å². The summed E-state index contributed by atoms with van der Waals surface area (Å²) in [5, 5.41) is 0. The molecule has 0 heteroatoms. The van der Waals surface area contributed by atoms with Crippen molar-refractivity contribution in [1.29, 1.82) is 0 Å². The second-order valence-electron chi connectivity index (χ2n) is 4.90. The zero-order chi connectivity index (χ0) is 7.35. The molecule has 0 saturated heterocycles. The summed E-state index contributed by atoms with van der Waals surface area (Å²) in [6.45, 7) is 7.27. The van der Waals surface area contributed by atoms with Gasteiger partial charge in [-0.05, 0) is 42.4 Å². The van der Waals surface area contributed by atoms with E-state index in [2.05, 4.69) is 20.8 Å². The second kappa shape index (κ2) is 1.78. The van der Waals surface area contributed by atoms with E-state index in [-0.39, 0.29) is 0 Å². The van der Waals surface area contributed by atoms with Gasteiger partial charge in [0.2, 0.25) is 0 Å². The molecule has 3 saturated carbocycles. The molecule has 0 nitrogen and oxygen atoms in total. The van der Waals surface area contributed by atoms with Crippen LogP contribution in [0.3, 0.4) is 0 Å². The van der Waals surface area contributed by atoms with Crippen LogP contribution in [0.25, 0.3) is 0 Å². The van der Waals surface area contributed by atoms with Gasteiger partial charge in [0.15, 0.2) is 0 Å². The number of rotatable bonds is 1. The third-order valence-electron chi connectivity index (χ3n) is 4.22. The normalized spacial score (nSPS) is 51.6. The highest BCUT2D eigenvalue weighted by Crippen LogP contribution is 2.62. The van der Waals surface area contributed by atoms with Gasteiger partial charge in [-0.25, -0.2) is 0 Å². The molecule has 3 rings (SSSR count). The van der Waals surface area contributed by atoms with Gasteiger partial charge in [0.1, 0.15) is 0 Å². The van der Waals surface area contributed by atoms with Gasteiger partial charge in [-0.15, -0.1) is 0 Å². The summed E-state index contributed by atoms with van der Waals surface area (Å²) >= 11 is 0. The van der Waals surface area contributed by atoms with Crippen molar-refractivity contribution in [3.05, 3.63) is 0 Å². The number of hydrogen-bond acceptors (Lipinski definition) is 0. The van der Waals surface area contributed by atoms with Crippen LogP contribution in [-0.2, 0) is 0 Å². The maximum absolute atomic E-state index is 2.50. The predicted octanol–water partition coefficient (Wildman–Crippen LogP) is 3.08. The maximum Gasteiger partial charge on any atom is -0.0272 e. The van der Waals surface area contributed by atoms with Gasteiger partial charge < -0.3 is 0 Å². The molecule has 3 aliphatic carbocycles. The highest BCUT2D eigenvalue weighted by Gasteiger charge is 2.53. The first-order valence-corrected chi connectivity index (χ1v) is 4.63. The average molecular weight is 138 g/mol. The molecule has 0 spiro atoms. The summed E-state index contributed by atoms with van der Waals surface area (Å²) in [4.78, 5) is 0. The van der Waals surface area contributed by atoms with Crippen molar-refractivity contribution >= 4 is 0 Å². The van der Waals surface area contributed by atoms with Crippen molar-refractivity contribution in [2.75, 3.05) is 0 Å². The summed E-state index contributed by atoms with van der Waals surface area (Å²) in [6.07, 6.45) is 4.62. The van der Waals surface area contributed by atoms with Crippen molar-refractivity contribution in [1.82, 2.24) is 0 Å². The minimum absolute atomic E-state index is 0.727. The third-order valence-corrected chi connectivity index (χ3v) is 4.22. The lowest BCUT2D eigenvalue weighted by Crippen LogP contribution is -2.27. The van der Waals surface area contributed by atoms with E-state index in [9.17, 15) is 0 Å². The van der Waals surface area contributed by atoms with Crippen LogP contribution in [0.4, 0.5) is 0 Å². The molecule has 0 amide bonds. The lowest BCUT2D eigenvalue weighted by atomic mass is 9.70. The topological polar surface area (TPSA) is 0 Å². The molecule has 0 aliphatic heterocycles. The Balaban J connectivity index is 2.16. The highest BCUT2D eigenvalue weighted by molar-refractivity contribution is 5.03. The van der Waals surface area contributed by atoms with E-state index in [1.165, 1.54) is 6.42 Å². The molecule has 0 aromatic rings. The first kappa shape index (κ1) is 6.69. The van der Waals surface area contributed by atoms with Gasteiger partial charge in [0.25, 0.3) is 0 Å². The molecule has 1 unspecified atom stereocenters. The van der Waals surface area contributed by atoms with Crippen molar-refractivity contribution in [3.8, 4) is 0 Å². The highest BCUT2D eigenvalue weighted by atomic mass is 14.6. The predicted molar refractivity (Wildman–Crippen MR) is 43.8 cm³/mol. The van der Waals surface area contributed by atoms with Crippen molar-refractivity contribution in [3.63, 3.8) is 0 Å². The fraction of sp³-hybridized carbons (Fsp3) is 1.00. The van der Waals surface area contributed by atoms with Crippen LogP contribution in [0.5, 0.6) is 0 Å². The quantitative estimate of drug-likeness (QED) is 0.522. The molecule has 2 bridgehead atoms. The minimum atomic E-state index is 0.727. The molecular weight excluding hydrogens is 120 g/mol. The van der Waals surface area contributed by atoms with E-state index in [1.54, 1.807) is 12.8 Å². The number of hydrogen-bond donors (Lipinski definition) is 0. The molecule has 0 aromatic carbocycles. The average Bonchev–Trinajstić information content (AvgIpc) is 2.17. The van der Waals surface area contributed by atoms with Crippen LogP contribution in [0.1, 0.15) is 40.0 Å². The Morgan fingerprint density at radius 1 is 1.30 bits per heavy atom. The smallest absolute Gasteiger partial charge is 0.0272 e. The van der Waals surface area contributed by atoms with E-state index in [0.29, 0.717) is 0 Å². The molecule has 0 aromatic heterocycles. The Morgan fingerprint density at radius 2 is 1.90 bits per heavy atom. The van der Waals surface area contributed by atoms with Gasteiger partial charge in [-0.2, -0.15) is 0 Å². The van der Waals surface area contributed by atoms with Crippen molar-refractivity contribution in [2.45, 2.75) is 40.0 Å². The summed E-state index contributed by atoms with van der Waals surface area (Å²) in [5.41, 5.74) is 0.727. The summed E-state index contributed by atoms with van der Waals surface area (Å²) in [6, 6.07) is 0. The minimum Gasteiger partial charge on any atom is -0.0622 e. The Morgan fingerprint density at radius 3 is 2.10 bits per heavy atom. The van der Waals surface area contributed by atoms with Gasteiger partial charge in [-0.3, -0.25) is 0 Å². The standard InChI is InChI=1S/C10H18/c1-7(2)10(3)6-8-4-9(10)5-8/h7-9H,4-6H2,1-3H3. The van der Waals surface area contributed by atoms with Crippen LogP contribution in [0, 0.1) is 23.2 Å². The Labute approximate surface area is 64.0 Å². The maximum atomic E-state index is 2.50. The van der Waals surface area contributed by atoms with Gasteiger partial charge in [-0.1, -0.05) is 20.8 Å². The molecule has 1 atom stereocenters. The zero-order valence-corrected chi connectivity index (χ0v) is 7.35. The van der Waals surface area contributed by atoms with Crippen LogP contribution >= 0.6 is 0 Å². The molecule has 58 valence electrons. The largest absolute Gasteiger partial charge is 0.0622 e. The Bertz CT molecular complexity index is 142. The molecule has 0 heterocycles. The van der Waals surface area contributed by atoms with Crippen molar-refractivity contribution in [2.24, 2.45) is 23.2 Å². The third kappa shape index (κ3) is 0.627. The van der Waals surface area contributed by atoms with E-state index >= 15 is 0 Å². The van der Waals surface area contributed by atoms with Gasteiger partial charge in [0.05, 0.1) is 0 Å². The molecule has 0 radical (unpaired) electrons.